The summed E-state index contributed by atoms with van der Waals surface area (Å²) in [6.07, 6.45) is 1.75. The highest BCUT2D eigenvalue weighted by Gasteiger charge is 2.35. The van der Waals surface area contributed by atoms with E-state index in [1.165, 1.54) is 12.1 Å². The van der Waals surface area contributed by atoms with E-state index in [1.807, 2.05) is 6.92 Å². The van der Waals surface area contributed by atoms with Crippen LogP contribution in [0.25, 0.3) is 0 Å². The van der Waals surface area contributed by atoms with Gasteiger partial charge in [-0.05, 0) is 31.5 Å². The molecule has 1 aliphatic rings. The maximum atomic E-state index is 13.8. The predicted molar refractivity (Wildman–Crippen MR) is 67.1 cm³/mol. The lowest BCUT2D eigenvalue weighted by atomic mass is 9.93. The van der Waals surface area contributed by atoms with Crippen molar-refractivity contribution in [3.05, 3.63) is 34.6 Å². The van der Waals surface area contributed by atoms with Gasteiger partial charge in [-0.15, -0.1) is 0 Å². The third-order valence-corrected chi connectivity index (χ3v) is 3.10. The lowest BCUT2D eigenvalue weighted by Crippen LogP contribution is -2.22. The van der Waals surface area contributed by atoms with Gasteiger partial charge in [-0.2, -0.15) is 0 Å². The van der Waals surface area contributed by atoms with Crippen LogP contribution in [0.15, 0.2) is 23.2 Å². The van der Waals surface area contributed by atoms with Crippen LogP contribution in [0.3, 0.4) is 0 Å². The molecule has 4 heteroatoms. The Balaban J connectivity index is 2.36. The summed E-state index contributed by atoms with van der Waals surface area (Å²) in [7, 11) is 0. The number of halogens is 2. The molecule has 0 saturated heterocycles. The number of hydrogen-bond donors (Lipinski definition) is 0. The quantitative estimate of drug-likeness (QED) is 0.802. The smallest absolute Gasteiger partial charge is 0.184 e. The SMILES string of the molecule is CCCC1=NC(C)(c2cc(Cl)ccc2F)CO1. The fourth-order valence-electron chi connectivity index (χ4n) is 1.95. The minimum atomic E-state index is -0.653. The van der Waals surface area contributed by atoms with Crippen LogP contribution in [-0.2, 0) is 10.3 Å². The van der Waals surface area contributed by atoms with Gasteiger partial charge in [0, 0.05) is 17.0 Å². The van der Waals surface area contributed by atoms with Crippen molar-refractivity contribution in [2.24, 2.45) is 4.99 Å². The van der Waals surface area contributed by atoms with Crippen LogP contribution in [-0.4, -0.2) is 12.5 Å². The van der Waals surface area contributed by atoms with E-state index in [-0.39, 0.29) is 5.82 Å². The van der Waals surface area contributed by atoms with Crippen LogP contribution in [0, 0.1) is 5.82 Å². The van der Waals surface area contributed by atoms with Crippen molar-refractivity contribution in [3.8, 4) is 0 Å². The Kier molecular flexibility index (Phi) is 3.38. The van der Waals surface area contributed by atoms with Gasteiger partial charge in [0.15, 0.2) is 5.90 Å². The second-order valence-corrected chi connectivity index (χ2v) is 4.88. The zero-order chi connectivity index (χ0) is 12.5. The Bertz CT molecular complexity index is 461. The Morgan fingerprint density at radius 1 is 1.53 bits per heavy atom. The molecule has 0 N–H and O–H groups in total. The molecule has 0 spiro atoms. The van der Waals surface area contributed by atoms with Crippen molar-refractivity contribution in [2.75, 3.05) is 6.61 Å². The topological polar surface area (TPSA) is 21.6 Å². The third kappa shape index (κ3) is 2.44. The molecule has 1 heterocycles. The van der Waals surface area contributed by atoms with Crippen LogP contribution in [0.1, 0.15) is 32.3 Å². The zero-order valence-corrected chi connectivity index (χ0v) is 10.7. The monoisotopic (exact) mass is 255 g/mol. The predicted octanol–water partition coefficient (Wildman–Crippen LogP) is 3.92. The number of rotatable bonds is 3. The highest BCUT2D eigenvalue weighted by Crippen LogP contribution is 2.34. The summed E-state index contributed by atoms with van der Waals surface area (Å²) in [5, 5.41) is 0.516. The molecule has 0 amide bonds. The molecule has 1 aliphatic heterocycles. The first kappa shape index (κ1) is 12.4. The van der Waals surface area contributed by atoms with Crippen molar-refractivity contribution >= 4 is 17.5 Å². The number of ether oxygens (including phenoxy) is 1. The molecule has 1 atom stereocenters. The van der Waals surface area contributed by atoms with Crippen LogP contribution < -0.4 is 0 Å². The summed E-state index contributed by atoms with van der Waals surface area (Å²) in [5.41, 5.74) is -0.157. The minimum absolute atomic E-state index is 0.290. The molecule has 0 aliphatic carbocycles. The summed E-state index contributed by atoms with van der Waals surface area (Å²) in [5.74, 6) is 0.413. The van der Waals surface area contributed by atoms with E-state index in [2.05, 4.69) is 11.9 Å². The highest BCUT2D eigenvalue weighted by atomic mass is 35.5. The van der Waals surface area contributed by atoms with E-state index in [0.717, 1.165) is 12.8 Å². The maximum absolute atomic E-state index is 13.8. The fourth-order valence-corrected chi connectivity index (χ4v) is 2.13. The Hall–Kier alpha value is -1.09. The molecular formula is C13H15ClFNO. The van der Waals surface area contributed by atoms with E-state index in [0.29, 0.717) is 23.1 Å². The van der Waals surface area contributed by atoms with E-state index in [9.17, 15) is 4.39 Å². The Labute approximate surface area is 105 Å². The number of hydrogen-bond acceptors (Lipinski definition) is 2. The van der Waals surface area contributed by atoms with E-state index in [4.69, 9.17) is 16.3 Å². The molecule has 2 rings (SSSR count). The normalized spacial score (nSPS) is 23.4. The van der Waals surface area contributed by atoms with Gasteiger partial charge in [-0.25, -0.2) is 9.38 Å². The van der Waals surface area contributed by atoms with Gasteiger partial charge in [0.05, 0.1) is 0 Å². The Morgan fingerprint density at radius 2 is 2.29 bits per heavy atom. The van der Waals surface area contributed by atoms with Gasteiger partial charge in [-0.1, -0.05) is 18.5 Å². The Morgan fingerprint density at radius 3 is 3.00 bits per heavy atom. The molecule has 0 radical (unpaired) electrons. The minimum Gasteiger partial charge on any atom is -0.478 e. The summed E-state index contributed by atoms with van der Waals surface area (Å²) in [6.45, 7) is 4.30. The summed E-state index contributed by atoms with van der Waals surface area (Å²) >= 11 is 5.90. The van der Waals surface area contributed by atoms with Crippen LogP contribution in [0.5, 0.6) is 0 Å². The lowest BCUT2D eigenvalue weighted by molar-refractivity contribution is 0.260. The molecule has 0 aromatic heterocycles. The lowest BCUT2D eigenvalue weighted by Gasteiger charge is -2.19. The van der Waals surface area contributed by atoms with Gasteiger partial charge in [0.1, 0.15) is 18.0 Å². The van der Waals surface area contributed by atoms with E-state index in [1.54, 1.807) is 6.07 Å². The molecular weight excluding hydrogens is 241 g/mol. The van der Waals surface area contributed by atoms with Crippen molar-refractivity contribution in [3.63, 3.8) is 0 Å². The van der Waals surface area contributed by atoms with Gasteiger partial charge in [0.2, 0.25) is 0 Å². The van der Waals surface area contributed by atoms with Crippen molar-refractivity contribution < 1.29 is 9.13 Å². The molecule has 92 valence electrons. The first-order valence-electron chi connectivity index (χ1n) is 5.72. The van der Waals surface area contributed by atoms with E-state index >= 15 is 0 Å². The zero-order valence-electron chi connectivity index (χ0n) is 9.96. The molecule has 0 bridgehead atoms. The van der Waals surface area contributed by atoms with Crippen molar-refractivity contribution in [1.82, 2.24) is 0 Å². The van der Waals surface area contributed by atoms with Gasteiger partial charge in [0.25, 0.3) is 0 Å². The van der Waals surface area contributed by atoms with E-state index < -0.39 is 5.54 Å². The molecule has 1 unspecified atom stereocenters. The fraction of sp³-hybridized carbons (Fsp3) is 0.462. The molecule has 1 aromatic rings. The molecule has 17 heavy (non-hydrogen) atoms. The second-order valence-electron chi connectivity index (χ2n) is 4.44. The largest absolute Gasteiger partial charge is 0.478 e. The average molecular weight is 256 g/mol. The number of nitrogens with zero attached hydrogens (tertiary/aromatic N) is 1. The first-order valence-corrected chi connectivity index (χ1v) is 6.10. The highest BCUT2D eigenvalue weighted by molar-refractivity contribution is 6.30. The molecule has 0 saturated carbocycles. The first-order chi connectivity index (χ1) is 8.05. The van der Waals surface area contributed by atoms with Crippen LogP contribution >= 0.6 is 11.6 Å². The van der Waals surface area contributed by atoms with Crippen LogP contribution in [0.2, 0.25) is 5.02 Å². The summed E-state index contributed by atoms with van der Waals surface area (Å²) in [4.78, 5) is 4.48. The van der Waals surface area contributed by atoms with Crippen molar-refractivity contribution in [2.45, 2.75) is 32.2 Å². The molecule has 0 fully saturated rings. The third-order valence-electron chi connectivity index (χ3n) is 2.86. The standard InChI is InChI=1S/C13H15ClFNO/c1-3-4-12-16-13(2,8-17-12)10-7-9(14)5-6-11(10)15/h5-7H,3-4,8H2,1-2H3. The van der Waals surface area contributed by atoms with Crippen LogP contribution in [0.4, 0.5) is 4.39 Å². The molecule has 2 nitrogen and oxygen atoms in total. The second kappa shape index (κ2) is 4.65. The van der Waals surface area contributed by atoms with Gasteiger partial charge < -0.3 is 4.74 Å². The summed E-state index contributed by atoms with van der Waals surface area (Å²) < 4.78 is 19.3. The average Bonchev–Trinajstić information content (AvgIpc) is 2.66. The number of benzene rings is 1. The van der Waals surface area contributed by atoms with Gasteiger partial charge in [-0.3, -0.25) is 0 Å². The number of aliphatic imine (C=N–C) groups is 1. The van der Waals surface area contributed by atoms with Gasteiger partial charge >= 0.3 is 0 Å². The summed E-state index contributed by atoms with van der Waals surface area (Å²) in [6, 6.07) is 4.53. The molecule has 1 aromatic carbocycles. The maximum Gasteiger partial charge on any atom is 0.184 e. The van der Waals surface area contributed by atoms with Crippen molar-refractivity contribution in [1.29, 1.82) is 0 Å².